The van der Waals surface area contributed by atoms with Crippen LogP contribution in [0.25, 0.3) is 0 Å². The standard InChI is InChI=1S/C15H19NO4/c1-10(15(18)16-12-7-8-12)20-14(17)9-11-5-3-4-6-13(11)19-2/h3-6,10,12H,7-9H2,1-2H3,(H,16,18)/t10-/m0/s1. The van der Waals surface area contributed by atoms with E-state index in [1.165, 1.54) is 0 Å². The Labute approximate surface area is 118 Å². The van der Waals surface area contributed by atoms with E-state index < -0.39 is 12.1 Å². The topological polar surface area (TPSA) is 64.6 Å². The molecule has 1 aliphatic carbocycles. The maximum atomic E-state index is 11.8. The fourth-order valence-corrected chi connectivity index (χ4v) is 1.84. The van der Waals surface area contributed by atoms with Crippen molar-refractivity contribution < 1.29 is 19.1 Å². The Balaban J connectivity index is 1.86. The first kappa shape index (κ1) is 14.4. The molecule has 1 aromatic rings. The number of hydrogen-bond donors (Lipinski definition) is 1. The summed E-state index contributed by atoms with van der Waals surface area (Å²) in [6.45, 7) is 1.58. The molecule has 1 aromatic carbocycles. The van der Waals surface area contributed by atoms with Crippen LogP contribution in [0.3, 0.4) is 0 Å². The summed E-state index contributed by atoms with van der Waals surface area (Å²) in [4.78, 5) is 23.5. The highest BCUT2D eigenvalue weighted by atomic mass is 16.5. The second kappa shape index (κ2) is 6.41. The van der Waals surface area contributed by atoms with Crippen molar-refractivity contribution in [2.45, 2.75) is 38.3 Å². The number of amides is 1. The van der Waals surface area contributed by atoms with Crippen LogP contribution < -0.4 is 10.1 Å². The maximum Gasteiger partial charge on any atom is 0.311 e. The van der Waals surface area contributed by atoms with Crippen molar-refractivity contribution in [1.82, 2.24) is 5.32 Å². The van der Waals surface area contributed by atoms with E-state index in [-0.39, 0.29) is 18.4 Å². The highest BCUT2D eigenvalue weighted by Gasteiger charge is 2.27. The number of rotatable bonds is 6. The number of benzene rings is 1. The van der Waals surface area contributed by atoms with Gasteiger partial charge in [0, 0.05) is 11.6 Å². The van der Waals surface area contributed by atoms with Crippen LogP contribution in [0.1, 0.15) is 25.3 Å². The lowest BCUT2D eigenvalue weighted by Gasteiger charge is -2.14. The largest absolute Gasteiger partial charge is 0.496 e. The van der Waals surface area contributed by atoms with Gasteiger partial charge in [-0.15, -0.1) is 0 Å². The molecule has 0 aromatic heterocycles. The number of methoxy groups -OCH3 is 1. The summed E-state index contributed by atoms with van der Waals surface area (Å²) in [5.74, 6) is -0.0339. The number of para-hydroxylation sites is 1. The summed E-state index contributed by atoms with van der Waals surface area (Å²) in [5, 5.41) is 2.80. The van der Waals surface area contributed by atoms with Gasteiger partial charge < -0.3 is 14.8 Å². The van der Waals surface area contributed by atoms with Gasteiger partial charge in [-0.3, -0.25) is 9.59 Å². The van der Waals surface area contributed by atoms with Gasteiger partial charge in [0.15, 0.2) is 6.10 Å². The lowest BCUT2D eigenvalue weighted by Crippen LogP contribution is -2.37. The first-order chi connectivity index (χ1) is 9.60. The summed E-state index contributed by atoms with van der Waals surface area (Å²) in [6, 6.07) is 7.51. The Morgan fingerprint density at radius 1 is 1.35 bits per heavy atom. The molecule has 5 nitrogen and oxygen atoms in total. The van der Waals surface area contributed by atoms with Gasteiger partial charge in [0.25, 0.3) is 5.91 Å². The zero-order chi connectivity index (χ0) is 14.5. The highest BCUT2D eigenvalue weighted by Crippen LogP contribution is 2.20. The van der Waals surface area contributed by atoms with Gasteiger partial charge >= 0.3 is 5.97 Å². The molecule has 1 fully saturated rings. The van der Waals surface area contributed by atoms with Crippen LogP contribution in [0.4, 0.5) is 0 Å². The van der Waals surface area contributed by atoms with Crippen LogP contribution in [0.5, 0.6) is 5.75 Å². The SMILES string of the molecule is COc1ccccc1CC(=O)O[C@@H](C)C(=O)NC1CC1. The van der Waals surface area contributed by atoms with E-state index in [4.69, 9.17) is 9.47 Å². The van der Waals surface area contributed by atoms with Crippen LogP contribution >= 0.6 is 0 Å². The average Bonchev–Trinajstić information content (AvgIpc) is 3.23. The summed E-state index contributed by atoms with van der Waals surface area (Å²) in [5.41, 5.74) is 0.745. The lowest BCUT2D eigenvalue weighted by molar-refractivity contribution is -0.154. The molecule has 0 spiro atoms. The number of esters is 1. The molecule has 0 aliphatic heterocycles. The van der Waals surface area contributed by atoms with Crippen molar-refractivity contribution in [2.24, 2.45) is 0 Å². The molecule has 20 heavy (non-hydrogen) atoms. The monoisotopic (exact) mass is 277 g/mol. The highest BCUT2D eigenvalue weighted by molar-refractivity contribution is 5.84. The van der Waals surface area contributed by atoms with Crippen LogP contribution in [0.15, 0.2) is 24.3 Å². The first-order valence-electron chi connectivity index (χ1n) is 6.72. The minimum atomic E-state index is -0.766. The number of ether oxygens (including phenoxy) is 2. The minimum absolute atomic E-state index is 0.0884. The third-order valence-corrected chi connectivity index (χ3v) is 3.13. The minimum Gasteiger partial charge on any atom is -0.496 e. The molecule has 108 valence electrons. The Morgan fingerprint density at radius 3 is 2.70 bits per heavy atom. The molecular weight excluding hydrogens is 258 g/mol. The quantitative estimate of drug-likeness (QED) is 0.799. The summed E-state index contributed by atoms with van der Waals surface area (Å²) in [6.07, 6.45) is 1.34. The summed E-state index contributed by atoms with van der Waals surface area (Å²) >= 11 is 0. The molecule has 0 bridgehead atoms. The predicted octanol–water partition coefficient (Wildman–Crippen LogP) is 1.45. The first-order valence-corrected chi connectivity index (χ1v) is 6.72. The fraction of sp³-hybridized carbons (Fsp3) is 0.467. The van der Waals surface area contributed by atoms with Crippen molar-refractivity contribution in [3.05, 3.63) is 29.8 Å². The van der Waals surface area contributed by atoms with E-state index in [2.05, 4.69) is 5.32 Å². The van der Waals surface area contributed by atoms with Gasteiger partial charge in [-0.25, -0.2) is 0 Å². The third-order valence-electron chi connectivity index (χ3n) is 3.13. The zero-order valence-electron chi connectivity index (χ0n) is 11.7. The van der Waals surface area contributed by atoms with Crippen molar-refractivity contribution >= 4 is 11.9 Å². The number of hydrogen-bond acceptors (Lipinski definition) is 4. The van der Waals surface area contributed by atoms with Crippen molar-refractivity contribution in [3.8, 4) is 5.75 Å². The Morgan fingerprint density at radius 2 is 2.05 bits per heavy atom. The fourth-order valence-electron chi connectivity index (χ4n) is 1.84. The van der Waals surface area contributed by atoms with Gasteiger partial charge in [-0.1, -0.05) is 18.2 Å². The van der Waals surface area contributed by atoms with Crippen LogP contribution in [-0.2, 0) is 20.7 Å². The van der Waals surface area contributed by atoms with Crippen molar-refractivity contribution in [2.75, 3.05) is 7.11 Å². The Bertz CT molecular complexity index is 496. The second-order valence-corrected chi connectivity index (χ2v) is 4.90. The Hall–Kier alpha value is -2.04. The van der Waals surface area contributed by atoms with Crippen LogP contribution in [0.2, 0.25) is 0 Å². The molecule has 1 saturated carbocycles. The van der Waals surface area contributed by atoms with E-state index >= 15 is 0 Å². The van der Waals surface area contributed by atoms with Crippen molar-refractivity contribution in [3.63, 3.8) is 0 Å². The average molecular weight is 277 g/mol. The molecule has 0 unspecified atom stereocenters. The molecular formula is C15H19NO4. The molecule has 1 atom stereocenters. The van der Waals surface area contributed by atoms with E-state index in [0.29, 0.717) is 5.75 Å². The van der Waals surface area contributed by atoms with E-state index in [0.717, 1.165) is 18.4 Å². The van der Waals surface area contributed by atoms with Crippen molar-refractivity contribution in [1.29, 1.82) is 0 Å². The molecule has 1 aliphatic rings. The van der Waals surface area contributed by atoms with E-state index in [1.807, 2.05) is 12.1 Å². The lowest BCUT2D eigenvalue weighted by atomic mass is 10.1. The molecule has 1 amide bonds. The van der Waals surface area contributed by atoms with Gasteiger partial charge in [0.2, 0.25) is 0 Å². The molecule has 0 saturated heterocycles. The molecule has 0 heterocycles. The third kappa shape index (κ3) is 3.98. The summed E-state index contributed by atoms with van der Waals surface area (Å²) < 4.78 is 10.3. The smallest absolute Gasteiger partial charge is 0.311 e. The molecule has 1 N–H and O–H groups in total. The van der Waals surface area contributed by atoms with E-state index in [9.17, 15) is 9.59 Å². The van der Waals surface area contributed by atoms with E-state index in [1.54, 1.807) is 26.2 Å². The number of nitrogens with one attached hydrogen (secondary N) is 1. The zero-order valence-corrected chi connectivity index (χ0v) is 11.7. The predicted molar refractivity (Wildman–Crippen MR) is 73.4 cm³/mol. The number of carbonyl (C=O) groups is 2. The Kier molecular flexibility index (Phi) is 4.61. The maximum absolute atomic E-state index is 11.8. The second-order valence-electron chi connectivity index (χ2n) is 4.90. The normalized spacial score (nSPS) is 15.3. The molecule has 2 rings (SSSR count). The van der Waals surface area contributed by atoms with Gasteiger partial charge in [0.1, 0.15) is 5.75 Å². The molecule has 0 radical (unpaired) electrons. The van der Waals surface area contributed by atoms with Gasteiger partial charge in [0.05, 0.1) is 13.5 Å². The summed E-state index contributed by atoms with van der Waals surface area (Å²) in [7, 11) is 1.55. The van der Waals surface area contributed by atoms with Gasteiger partial charge in [-0.05, 0) is 25.8 Å². The van der Waals surface area contributed by atoms with Gasteiger partial charge in [-0.2, -0.15) is 0 Å². The van der Waals surface area contributed by atoms with Crippen LogP contribution in [0, 0.1) is 0 Å². The van der Waals surface area contributed by atoms with Crippen LogP contribution in [-0.4, -0.2) is 31.1 Å². The molecule has 5 heteroatoms. The number of carbonyl (C=O) groups excluding carboxylic acids is 2.